The molecule has 0 spiro atoms. The Morgan fingerprint density at radius 2 is 1.01 bits per heavy atom. The third-order valence-corrected chi connectivity index (χ3v) is 16.3. The molecule has 0 radical (unpaired) electrons. The number of hydrogen-bond donors (Lipinski definition) is 5. The molecule has 23 nitrogen and oxygen atoms in total. The number of nitrogens with zero attached hydrogens (tertiary/aromatic N) is 8. The van der Waals surface area contributed by atoms with Gasteiger partial charge in [0.05, 0.1) is 32.5 Å². The van der Waals surface area contributed by atoms with Gasteiger partial charge in [-0.2, -0.15) is 61.9 Å². The molecule has 0 saturated heterocycles. The average Bonchev–Trinajstić information content (AvgIpc) is 4.13. The van der Waals surface area contributed by atoms with Gasteiger partial charge in [-0.3, -0.25) is 22.8 Å². The van der Waals surface area contributed by atoms with Crippen molar-refractivity contribution in [2.45, 2.75) is 38.3 Å². The Morgan fingerprint density at radius 1 is 0.443 bits per heavy atom. The normalized spacial score (nSPS) is 13.8. The standard InChI is InChI=1S/C42H30N8O15S5/c1-22-16-36(47-46-35-14-7-26-17-29(66(51,52)53)10-12-31(26)41(35)50(46)47)23(2)15-34(22)44-43-27-8-5-24(38(18-27)68(57,58)59)3-4-25-6-9-28(19-39(25)69(60,61)62)45-48-37-21-40(70(63,64)65)33-20-30(67(54,55)56)11-13-32(33)42(37)49(45)48/h3-21H,1-2H3,(H,51,52,53)(H,54,55,56)(H,57,58,59)(H,60,61,62)(H,63,64,65)/b4-3-,44-43?. The smallest absolute Gasteiger partial charge is 0.282 e. The lowest BCUT2D eigenvalue weighted by atomic mass is 10.1. The third-order valence-electron chi connectivity index (χ3n) is 11.9. The largest absolute Gasteiger partial charge is 0.295 e. The molecule has 4 heterocycles. The van der Waals surface area contributed by atoms with Crippen LogP contribution in [0.1, 0.15) is 22.3 Å². The van der Waals surface area contributed by atoms with Crippen LogP contribution in [-0.4, -0.2) is 93.0 Å². The second-order valence-electron chi connectivity index (χ2n) is 16.3. The fraction of sp³-hybridized carbons (Fsp3) is 0.0476. The van der Waals surface area contributed by atoms with Crippen molar-refractivity contribution in [3.8, 4) is 11.4 Å². The van der Waals surface area contributed by atoms with Gasteiger partial charge in [0.15, 0.2) is 0 Å². The zero-order valence-corrected chi connectivity index (χ0v) is 39.5. The molecule has 0 aliphatic heterocycles. The van der Waals surface area contributed by atoms with E-state index >= 15 is 0 Å². The van der Waals surface area contributed by atoms with Crippen molar-refractivity contribution in [3.63, 3.8) is 0 Å². The third kappa shape index (κ3) is 7.18. The van der Waals surface area contributed by atoms with Crippen molar-refractivity contribution in [2.24, 2.45) is 10.2 Å². The van der Waals surface area contributed by atoms with E-state index in [0.29, 0.717) is 22.2 Å². The molecule has 358 valence electrons. The molecule has 0 amide bonds. The summed E-state index contributed by atoms with van der Waals surface area (Å²) in [5, 5.41) is 9.88. The molecule has 0 aliphatic rings. The first-order valence-electron chi connectivity index (χ1n) is 20.0. The van der Waals surface area contributed by atoms with Crippen LogP contribution in [0.15, 0.2) is 138 Å². The Kier molecular flexibility index (Phi) is 9.46. The molecule has 4 aromatic heterocycles. The molecule has 28 heteroatoms. The highest BCUT2D eigenvalue weighted by Crippen LogP contribution is 2.40. The lowest BCUT2D eigenvalue weighted by Gasteiger charge is -2.09. The maximum Gasteiger partial charge on any atom is 0.295 e. The zero-order chi connectivity index (χ0) is 49.9. The Bertz CT molecular complexity index is 4760. The molecule has 11 aromatic rings. The summed E-state index contributed by atoms with van der Waals surface area (Å²) in [6.45, 7) is 3.66. The Labute approximate surface area is 393 Å². The summed E-state index contributed by atoms with van der Waals surface area (Å²) in [5.74, 6) is 0. The number of rotatable bonds is 11. The van der Waals surface area contributed by atoms with E-state index in [9.17, 15) is 64.9 Å². The predicted octanol–water partition coefficient (Wildman–Crippen LogP) is 6.90. The van der Waals surface area contributed by atoms with Crippen molar-refractivity contribution in [2.75, 3.05) is 0 Å². The van der Waals surface area contributed by atoms with Gasteiger partial charge in [0.2, 0.25) is 0 Å². The van der Waals surface area contributed by atoms with E-state index in [1.165, 1.54) is 68.7 Å². The summed E-state index contributed by atoms with van der Waals surface area (Å²) in [6.07, 6.45) is 2.38. The van der Waals surface area contributed by atoms with Crippen LogP contribution in [0, 0.1) is 13.8 Å². The van der Waals surface area contributed by atoms with Gasteiger partial charge in [-0.1, -0.05) is 42.5 Å². The molecule has 7 aromatic carbocycles. The Morgan fingerprint density at radius 3 is 1.66 bits per heavy atom. The maximum absolute atomic E-state index is 12.7. The van der Waals surface area contributed by atoms with Crippen LogP contribution in [0.5, 0.6) is 0 Å². The molecular weight excluding hydrogens is 1020 g/mol. The van der Waals surface area contributed by atoms with Crippen LogP contribution in [0.4, 0.5) is 11.4 Å². The minimum atomic E-state index is -4.98. The van der Waals surface area contributed by atoms with E-state index in [1.54, 1.807) is 25.1 Å². The van der Waals surface area contributed by atoms with Crippen LogP contribution in [0.3, 0.4) is 0 Å². The molecular formula is C42H30N8O15S5. The van der Waals surface area contributed by atoms with Gasteiger partial charge in [-0.25, -0.2) is 0 Å². The predicted molar refractivity (Wildman–Crippen MR) is 251 cm³/mol. The highest BCUT2D eigenvalue weighted by Gasteiger charge is 2.32. The van der Waals surface area contributed by atoms with Gasteiger partial charge in [-0.15, -0.1) is 18.5 Å². The van der Waals surface area contributed by atoms with Gasteiger partial charge < -0.3 is 0 Å². The highest BCUT2D eigenvalue weighted by atomic mass is 32.2. The second-order valence-corrected chi connectivity index (χ2v) is 23.3. The van der Waals surface area contributed by atoms with E-state index in [-0.39, 0.29) is 43.7 Å². The topological polar surface area (TPSA) is 324 Å². The lowest BCUT2D eigenvalue weighted by Crippen LogP contribution is -2.04. The summed E-state index contributed by atoms with van der Waals surface area (Å²) in [4.78, 5) is 0.531. The molecule has 0 saturated carbocycles. The van der Waals surface area contributed by atoms with Crippen molar-refractivity contribution in [1.29, 1.82) is 0 Å². The minimum absolute atomic E-state index is 0.0315. The number of aromatic nitrogens is 6. The maximum atomic E-state index is 12.7. The second kappa shape index (κ2) is 14.6. The Balaban J connectivity index is 0.885. The van der Waals surface area contributed by atoms with Crippen LogP contribution in [0.25, 0.3) is 67.1 Å². The number of hydrogen-bond acceptors (Lipinski definition) is 12. The van der Waals surface area contributed by atoms with Gasteiger partial charge >= 0.3 is 0 Å². The minimum Gasteiger partial charge on any atom is -0.282 e. The molecule has 11 rings (SSSR count). The molecule has 0 atom stereocenters. The molecule has 0 unspecified atom stereocenters. The van der Waals surface area contributed by atoms with Gasteiger partial charge in [0.1, 0.15) is 36.8 Å². The first-order valence-corrected chi connectivity index (χ1v) is 27.2. The van der Waals surface area contributed by atoms with Crippen LogP contribution in [0.2, 0.25) is 0 Å². The van der Waals surface area contributed by atoms with Crippen LogP contribution in [-0.2, 0) is 50.6 Å². The number of aryl methyl sites for hydroxylation is 2. The lowest BCUT2D eigenvalue weighted by molar-refractivity contribution is 0.480. The van der Waals surface area contributed by atoms with E-state index in [1.807, 2.05) is 33.1 Å². The van der Waals surface area contributed by atoms with Crippen LogP contribution >= 0.6 is 0 Å². The molecule has 0 bridgehead atoms. The molecule has 0 aliphatic carbocycles. The van der Waals surface area contributed by atoms with Crippen molar-refractivity contribution < 1.29 is 64.9 Å². The van der Waals surface area contributed by atoms with Gasteiger partial charge in [0.25, 0.3) is 50.6 Å². The first kappa shape index (κ1) is 45.2. The summed E-state index contributed by atoms with van der Waals surface area (Å²) in [5.41, 5.74) is 4.93. The monoisotopic (exact) mass is 1050 g/mol. The first-order chi connectivity index (χ1) is 32.7. The quantitative estimate of drug-likeness (QED) is 0.0500. The van der Waals surface area contributed by atoms with Crippen LogP contribution < -0.4 is 0 Å². The summed E-state index contributed by atoms with van der Waals surface area (Å²) in [7, 11) is -24.0. The fourth-order valence-corrected chi connectivity index (χ4v) is 11.8. The number of azo groups is 1. The fourth-order valence-electron chi connectivity index (χ4n) is 8.62. The SMILES string of the molecule is Cc1cc(-n2n3c4ccc5cc(S(=O)(=O)O)ccc5c4n23)c(C)cc1N=Nc1ccc(/C=C\c2ccc(-n3n4c5cc(S(=O)(=O)O)c6cc(S(=O)(=O)O)ccc6c5n34)cc2S(=O)(=O)O)c(S(=O)(=O)O)c1. The zero-order valence-electron chi connectivity index (χ0n) is 35.4. The van der Waals surface area contributed by atoms with Crippen molar-refractivity contribution in [1.82, 2.24) is 28.1 Å². The summed E-state index contributed by atoms with van der Waals surface area (Å²) < 4.78 is 179. The van der Waals surface area contributed by atoms with E-state index in [4.69, 9.17) is 0 Å². The Hall–Kier alpha value is -7.25. The average molecular weight is 1050 g/mol. The highest BCUT2D eigenvalue weighted by molar-refractivity contribution is 7.87. The number of fused-ring (bicyclic) bond motifs is 12. The van der Waals surface area contributed by atoms with Gasteiger partial charge in [0, 0.05) is 16.2 Å². The summed E-state index contributed by atoms with van der Waals surface area (Å²) >= 11 is 0. The van der Waals surface area contributed by atoms with Crippen molar-refractivity contribution in [3.05, 3.63) is 125 Å². The van der Waals surface area contributed by atoms with E-state index < -0.39 is 70.2 Å². The van der Waals surface area contributed by atoms with Crippen molar-refractivity contribution >= 4 is 118 Å². The summed E-state index contributed by atoms with van der Waals surface area (Å²) in [6, 6.07) is 23.4. The molecule has 70 heavy (non-hydrogen) atoms. The van der Waals surface area contributed by atoms with E-state index in [2.05, 4.69) is 10.2 Å². The molecule has 0 fully saturated rings. The number of benzene rings is 7. The van der Waals surface area contributed by atoms with Gasteiger partial charge in [-0.05, 0) is 114 Å². The van der Waals surface area contributed by atoms with E-state index in [0.717, 1.165) is 58.0 Å². The molecule has 5 N–H and O–H groups in total.